The van der Waals surface area contributed by atoms with Crippen molar-refractivity contribution in [1.29, 1.82) is 0 Å². The lowest BCUT2D eigenvalue weighted by atomic mass is 10.1. The number of halogens is 1. The van der Waals surface area contributed by atoms with Gasteiger partial charge in [-0.1, -0.05) is 0 Å². The molecule has 1 rings (SSSR count). The Hall–Kier alpha value is -1.13. The van der Waals surface area contributed by atoms with Crippen LogP contribution in [0.1, 0.15) is 6.42 Å². The van der Waals surface area contributed by atoms with Crippen molar-refractivity contribution >= 4 is 11.9 Å². The second-order valence-corrected chi connectivity index (χ2v) is 2.60. The number of carbonyl (C=O) groups excluding carboxylic acids is 2. The van der Waals surface area contributed by atoms with Gasteiger partial charge in [-0.2, -0.15) is 0 Å². The van der Waals surface area contributed by atoms with Crippen LogP contribution in [0.3, 0.4) is 0 Å². The number of hydrogen-bond acceptors (Lipinski definition) is 3. The fraction of sp³-hybridized carbons (Fsp3) is 0.714. The Morgan fingerprint density at radius 1 is 1.75 bits per heavy atom. The van der Waals surface area contributed by atoms with Crippen molar-refractivity contribution in [3.63, 3.8) is 0 Å². The SMILES string of the molecule is COC(=O)N1CCC(=O)C(F)C1. The molecule has 68 valence electrons. The maximum Gasteiger partial charge on any atom is 0.409 e. The number of methoxy groups -OCH3 is 1. The molecule has 1 aliphatic rings. The van der Waals surface area contributed by atoms with Crippen molar-refractivity contribution in [2.45, 2.75) is 12.6 Å². The fourth-order valence-electron chi connectivity index (χ4n) is 1.08. The molecule has 5 heteroatoms. The van der Waals surface area contributed by atoms with E-state index in [1.54, 1.807) is 0 Å². The van der Waals surface area contributed by atoms with E-state index < -0.39 is 18.0 Å². The van der Waals surface area contributed by atoms with Crippen molar-refractivity contribution < 1.29 is 18.7 Å². The van der Waals surface area contributed by atoms with Gasteiger partial charge in [0.05, 0.1) is 13.7 Å². The number of piperidine rings is 1. The van der Waals surface area contributed by atoms with Gasteiger partial charge in [-0.25, -0.2) is 9.18 Å². The molecule has 0 saturated carbocycles. The molecule has 1 amide bonds. The molecule has 0 aromatic rings. The summed E-state index contributed by atoms with van der Waals surface area (Å²) in [5, 5.41) is 0. The molecule has 0 N–H and O–H groups in total. The summed E-state index contributed by atoms with van der Waals surface area (Å²) in [4.78, 5) is 22.7. The van der Waals surface area contributed by atoms with Crippen LogP contribution in [0.25, 0.3) is 0 Å². The smallest absolute Gasteiger partial charge is 0.409 e. The third-order valence-electron chi connectivity index (χ3n) is 1.79. The van der Waals surface area contributed by atoms with Crippen LogP contribution in [0, 0.1) is 0 Å². The van der Waals surface area contributed by atoms with Gasteiger partial charge in [0, 0.05) is 13.0 Å². The fourth-order valence-corrected chi connectivity index (χ4v) is 1.08. The number of carbonyl (C=O) groups is 2. The van der Waals surface area contributed by atoms with Crippen LogP contribution in [-0.4, -0.2) is 43.1 Å². The second kappa shape index (κ2) is 3.51. The molecular weight excluding hydrogens is 165 g/mol. The summed E-state index contributed by atoms with van der Waals surface area (Å²) in [6.45, 7) is 0.0808. The first-order chi connectivity index (χ1) is 5.65. The molecule has 0 aromatic heterocycles. The quantitative estimate of drug-likeness (QED) is 0.534. The van der Waals surface area contributed by atoms with E-state index in [1.165, 1.54) is 12.0 Å². The second-order valence-electron chi connectivity index (χ2n) is 2.60. The van der Waals surface area contributed by atoms with Gasteiger partial charge in [-0.15, -0.1) is 0 Å². The van der Waals surface area contributed by atoms with E-state index in [1.807, 2.05) is 0 Å². The van der Waals surface area contributed by atoms with E-state index in [0.29, 0.717) is 0 Å². The molecule has 0 bridgehead atoms. The summed E-state index contributed by atoms with van der Waals surface area (Å²) in [5.41, 5.74) is 0. The molecule has 0 aromatic carbocycles. The minimum absolute atomic E-state index is 0.0796. The predicted octanol–water partition coefficient (Wildman–Crippen LogP) is 0.366. The van der Waals surface area contributed by atoms with Crippen molar-refractivity contribution in [3.05, 3.63) is 0 Å². The van der Waals surface area contributed by atoms with Crippen molar-refractivity contribution in [2.24, 2.45) is 0 Å². The van der Waals surface area contributed by atoms with E-state index >= 15 is 0 Å². The first-order valence-corrected chi connectivity index (χ1v) is 3.65. The number of ketones is 1. The molecule has 12 heavy (non-hydrogen) atoms. The van der Waals surface area contributed by atoms with Crippen molar-refractivity contribution in [1.82, 2.24) is 4.90 Å². The minimum atomic E-state index is -1.54. The summed E-state index contributed by atoms with van der Waals surface area (Å²) in [5.74, 6) is -0.435. The van der Waals surface area contributed by atoms with E-state index in [-0.39, 0.29) is 19.5 Å². The zero-order chi connectivity index (χ0) is 9.14. The zero-order valence-electron chi connectivity index (χ0n) is 6.75. The standard InChI is InChI=1S/C7H10FNO3/c1-12-7(11)9-3-2-6(10)5(8)4-9/h5H,2-4H2,1H3. The van der Waals surface area contributed by atoms with Gasteiger partial charge in [0.2, 0.25) is 0 Å². The highest BCUT2D eigenvalue weighted by molar-refractivity contribution is 5.85. The number of rotatable bonds is 0. The molecular formula is C7H10FNO3. The minimum Gasteiger partial charge on any atom is -0.453 e. The normalized spacial score (nSPS) is 24.0. The average molecular weight is 175 g/mol. The highest BCUT2D eigenvalue weighted by Gasteiger charge is 2.29. The number of likely N-dealkylation sites (tertiary alicyclic amines) is 1. The highest BCUT2D eigenvalue weighted by Crippen LogP contribution is 2.10. The van der Waals surface area contributed by atoms with E-state index in [0.717, 1.165) is 0 Å². The van der Waals surface area contributed by atoms with E-state index in [2.05, 4.69) is 4.74 Å². The lowest BCUT2D eigenvalue weighted by molar-refractivity contribution is -0.126. The third-order valence-corrected chi connectivity index (χ3v) is 1.79. The van der Waals surface area contributed by atoms with Gasteiger partial charge in [0.15, 0.2) is 12.0 Å². The maximum atomic E-state index is 12.7. The van der Waals surface area contributed by atoms with Gasteiger partial charge >= 0.3 is 6.09 Å². The summed E-state index contributed by atoms with van der Waals surface area (Å²) in [7, 11) is 1.23. The molecule has 1 heterocycles. The molecule has 1 aliphatic heterocycles. The molecule has 0 aliphatic carbocycles. The number of ether oxygens (including phenoxy) is 1. The lowest BCUT2D eigenvalue weighted by Gasteiger charge is -2.26. The number of Topliss-reactive ketones (excluding diaryl/α,β-unsaturated/α-hetero) is 1. The largest absolute Gasteiger partial charge is 0.453 e. The van der Waals surface area contributed by atoms with Crippen molar-refractivity contribution in [3.8, 4) is 0 Å². The molecule has 1 saturated heterocycles. The Morgan fingerprint density at radius 3 is 2.92 bits per heavy atom. The Bertz CT molecular complexity index is 207. The van der Waals surface area contributed by atoms with Gasteiger partial charge in [-0.3, -0.25) is 4.79 Å². The number of hydrogen-bond donors (Lipinski definition) is 0. The molecule has 4 nitrogen and oxygen atoms in total. The molecule has 1 unspecified atom stereocenters. The predicted molar refractivity (Wildman–Crippen MR) is 38.5 cm³/mol. The summed E-state index contributed by atoms with van der Waals surface area (Å²) in [6.07, 6.45) is -2.04. The van der Waals surface area contributed by atoms with Crippen LogP contribution < -0.4 is 0 Å². The number of alkyl halides is 1. The van der Waals surface area contributed by atoms with Gasteiger partial charge in [0.1, 0.15) is 0 Å². The Morgan fingerprint density at radius 2 is 2.42 bits per heavy atom. The van der Waals surface area contributed by atoms with Gasteiger partial charge in [0.25, 0.3) is 0 Å². The first kappa shape index (κ1) is 8.96. The average Bonchev–Trinajstić information content (AvgIpc) is 2.08. The highest BCUT2D eigenvalue weighted by atomic mass is 19.1. The number of amides is 1. The van der Waals surface area contributed by atoms with Crippen molar-refractivity contribution in [2.75, 3.05) is 20.2 Å². The van der Waals surface area contributed by atoms with Crippen LogP contribution >= 0.6 is 0 Å². The van der Waals surface area contributed by atoms with E-state index in [9.17, 15) is 14.0 Å². The Balaban J connectivity index is 2.50. The van der Waals surface area contributed by atoms with Crippen LogP contribution in [0.15, 0.2) is 0 Å². The molecule has 1 atom stereocenters. The first-order valence-electron chi connectivity index (χ1n) is 3.65. The lowest BCUT2D eigenvalue weighted by Crippen LogP contribution is -2.45. The van der Waals surface area contributed by atoms with Crippen LogP contribution in [0.2, 0.25) is 0 Å². The van der Waals surface area contributed by atoms with Crippen LogP contribution in [0.4, 0.5) is 9.18 Å². The summed E-state index contributed by atoms with van der Waals surface area (Å²) >= 11 is 0. The summed E-state index contributed by atoms with van der Waals surface area (Å²) < 4.78 is 17.1. The van der Waals surface area contributed by atoms with E-state index in [4.69, 9.17) is 0 Å². The molecule has 1 fully saturated rings. The molecule has 0 spiro atoms. The van der Waals surface area contributed by atoms with Crippen LogP contribution in [-0.2, 0) is 9.53 Å². The van der Waals surface area contributed by atoms with Gasteiger partial charge < -0.3 is 9.64 Å². The monoisotopic (exact) mass is 175 g/mol. The Labute approximate surface area is 69.3 Å². The zero-order valence-corrected chi connectivity index (χ0v) is 6.75. The number of nitrogens with zero attached hydrogens (tertiary/aromatic N) is 1. The maximum absolute atomic E-state index is 12.7. The summed E-state index contributed by atoms with van der Waals surface area (Å²) in [6, 6.07) is 0. The van der Waals surface area contributed by atoms with Gasteiger partial charge in [-0.05, 0) is 0 Å². The molecule has 0 radical (unpaired) electrons. The Kier molecular flexibility index (Phi) is 2.62. The van der Waals surface area contributed by atoms with Crippen LogP contribution in [0.5, 0.6) is 0 Å². The topological polar surface area (TPSA) is 46.6 Å². The third kappa shape index (κ3) is 1.72.